The van der Waals surface area contributed by atoms with E-state index in [0.29, 0.717) is 0 Å². The molecule has 2 nitrogen and oxygen atoms in total. The highest BCUT2D eigenvalue weighted by atomic mass is 16.5. The van der Waals surface area contributed by atoms with E-state index >= 15 is 0 Å². The van der Waals surface area contributed by atoms with Gasteiger partial charge in [0.1, 0.15) is 0 Å². The molecule has 2 heteroatoms. The normalized spacial score (nSPS) is 25.0. The van der Waals surface area contributed by atoms with Gasteiger partial charge >= 0.3 is 0 Å². The molecule has 10 heavy (non-hydrogen) atoms. The second kappa shape index (κ2) is 2.86. The molecule has 0 saturated heterocycles. The molecule has 0 aromatic heterocycles. The minimum atomic E-state index is -0.176. The number of allylic oxidation sites excluding steroid dienone is 2. The number of rotatable bonds is 1. The van der Waals surface area contributed by atoms with Crippen molar-refractivity contribution in [1.82, 2.24) is 0 Å². The first-order chi connectivity index (χ1) is 4.70. The Morgan fingerprint density at radius 1 is 1.80 bits per heavy atom. The maximum atomic E-state index is 10.8. The van der Waals surface area contributed by atoms with E-state index in [4.69, 9.17) is 4.74 Å². The third kappa shape index (κ3) is 1.59. The molecule has 1 rings (SSSR count). The predicted octanol–water partition coefficient (Wildman–Crippen LogP) is 1.66. The van der Waals surface area contributed by atoms with Crippen LogP contribution in [-0.4, -0.2) is 11.9 Å². The Labute approximate surface area is 60.9 Å². The van der Waals surface area contributed by atoms with E-state index in [2.05, 4.69) is 0 Å². The van der Waals surface area contributed by atoms with Crippen LogP contribution in [0.25, 0.3) is 0 Å². The molecule has 0 fully saturated rings. The highest BCUT2D eigenvalue weighted by molar-refractivity contribution is 5.80. The molecule has 0 N–H and O–H groups in total. The standard InChI is InChI=1S/C8H12O2/c1-6-4-3-5-8(10-6)7(2)9/h4,8H,3,5H2,1-2H3/t8-/m1/s1. The number of hydrogen-bond acceptors (Lipinski definition) is 2. The molecule has 1 aliphatic rings. The van der Waals surface area contributed by atoms with Crippen LogP contribution in [0.2, 0.25) is 0 Å². The molecule has 1 heterocycles. The lowest BCUT2D eigenvalue weighted by Crippen LogP contribution is -2.23. The van der Waals surface area contributed by atoms with E-state index in [1.165, 1.54) is 0 Å². The average molecular weight is 140 g/mol. The average Bonchev–Trinajstić information content (AvgIpc) is 1.88. The molecule has 0 unspecified atom stereocenters. The summed E-state index contributed by atoms with van der Waals surface area (Å²) < 4.78 is 5.26. The topological polar surface area (TPSA) is 26.3 Å². The number of ether oxygens (including phenoxy) is 1. The second-order valence-electron chi connectivity index (χ2n) is 2.61. The van der Waals surface area contributed by atoms with Crippen LogP contribution in [0, 0.1) is 0 Å². The summed E-state index contributed by atoms with van der Waals surface area (Å²) in [5.74, 6) is 1.01. The lowest BCUT2D eigenvalue weighted by Gasteiger charge is -2.20. The van der Waals surface area contributed by atoms with Gasteiger partial charge in [-0.1, -0.05) is 0 Å². The maximum absolute atomic E-state index is 10.8. The van der Waals surface area contributed by atoms with Crippen molar-refractivity contribution in [3.63, 3.8) is 0 Å². The quantitative estimate of drug-likeness (QED) is 0.553. The minimum Gasteiger partial charge on any atom is -0.488 e. The molecule has 0 saturated carbocycles. The molecule has 1 atom stereocenters. The summed E-state index contributed by atoms with van der Waals surface area (Å²) in [5, 5.41) is 0. The van der Waals surface area contributed by atoms with Crippen molar-refractivity contribution in [2.24, 2.45) is 0 Å². The summed E-state index contributed by atoms with van der Waals surface area (Å²) in [7, 11) is 0. The molecule has 0 spiro atoms. The second-order valence-corrected chi connectivity index (χ2v) is 2.61. The number of Topliss-reactive ketones (excluding diaryl/α,β-unsaturated/α-hetero) is 1. The third-order valence-corrected chi connectivity index (χ3v) is 1.64. The van der Waals surface area contributed by atoms with Gasteiger partial charge in [0.15, 0.2) is 11.9 Å². The summed E-state index contributed by atoms with van der Waals surface area (Å²) >= 11 is 0. The van der Waals surface area contributed by atoms with Crippen LogP contribution >= 0.6 is 0 Å². The van der Waals surface area contributed by atoms with Crippen LogP contribution in [0.4, 0.5) is 0 Å². The molecule has 0 aromatic rings. The molecule has 1 aliphatic heterocycles. The Morgan fingerprint density at radius 3 is 2.90 bits per heavy atom. The zero-order chi connectivity index (χ0) is 7.56. The van der Waals surface area contributed by atoms with Crippen molar-refractivity contribution in [2.75, 3.05) is 0 Å². The van der Waals surface area contributed by atoms with Gasteiger partial charge in [-0.15, -0.1) is 0 Å². The fourth-order valence-corrected chi connectivity index (χ4v) is 1.06. The van der Waals surface area contributed by atoms with Crippen LogP contribution < -0.4 is 0 Å². The van der Waals surface area contributed by atoms with Crippen LogP contribution in [0.5, 0.6) is 0 Å². The molecule has 0 radical (unpaired) electrons. The van der Waals surface area contributed by atoms with Gasteiger partial charge in [-0.25, -0.2) is 0 Å². The highest BCUT2D eigenvalue weighted by Gasteiger charge is 2.17. The fraction of sp³-hybridized carbons (Fsp3) is 0.625. The van der Waals surface area contributed by atoms with Gasteiger partial charge < -0.3 is 4.74 Å². The molecule has 56 valence electrons. The van der Waals surface area contributed by atoms with Crippen LogP contribution in [-0.2, 0) is 9.53 Å². The van der Waals surface area contributed by atoms with Gasteiger partial charge in [0, 0.05) is 0 Å². The number of hydrogen-bond donors (Lipinski definition) is 0. The largest absolute Gasteiger partial charge is 0.488 e. The number of carbonyl (C=O) groups excluding carboxylic acids is 1. The third-order valence-electron chi connectivity index (χ3n) is 1.64. The predicted molar refractivity (Wildman–Crippen MR) is 38.5 cm³/mol. The van der Waals surface area contributed by atoms with Crippen molar-refractivity contribution >= 4 is 5.78 Å². The van der Waals surface area contributed by atoms with Gasteiger partial charge in [-0.2, -0.15) is 0 Å². The molecular formula is C8H12O2. The van der Waals surface area contributed by atoms with E-state index in [1.807, 2.05) is 13.0 Å². The van der Waals surface area contributed by atoms with Gasteiger partial charge in [0.25, 0.3) is 0 Å². The summed E-state index contributed by atoms with van der Waals surface area (Å²) in [4.78, 5) is 10.8. The van der Waals surface area contributed by atoms with E-state index in [1.54, 1.807) is 6.92 Å². The molecule has 0 bridgehead atoms. The summed E-state index contributed by atoms with van der Waals surface area (Å²) in [6.45, 7) is 3.46. The van der Waals surface area contributed by atoms with Crippen LogP contribution in [0.3, 0.4) is 0 Å². The van der Waals surface area contributed by atoms with Gasteiger partial charge in [-0.05, 0) is 32.8 Å². The van der Waals surface area contributed by atoms with Gasteiger partial charge in [0.2, 0.25) is 0 Å². The van der Waals surface area contributed by atoms with Crippen LogP contribution in [0.1, 0.15) is 26.7 Å². The van der Waals surface area contributed by atoms with Crippen molar-refractivity contribution in [2.45, 2.75) is 32.8 Å². The Bertz CT molecular complexity index is 170. The zero-order valence-electron chi connectivity index (χ0n) is 6.39. The SMILES string of the molecule is CC(=O)[C@H]1CCC=C(C)O1. The minimum absolute atomic E-state index is 0.132. The van der Waals surface area contributed by atoms with Crippen molar-refractivity contribution in [1.29, 1.82) is 0 Å². The molecule has 0 aliphatic carbocycles. The summed E-state index contributed by atoms with van der Waals surface area (Å²) in [5.41, 5.74) is 0. The highest BCUT2D eigenvalue weighted by Crippen LogP contribution is 2.16. The van der Waals surface area contributed by atoms with E-state index < -0.39 is 0 Å². The Kier molecular flexibility index (Phi) is 2.10. The Morgan fingerprint density at radius 2 is 2.50 bits per heavy atom. The Hall–Kier alpha value is -0.790. The van der Waals surface area contributed by atoms with E-state index in [0.717, 1.165) is 18.6 Å². The summed E-state index contributed by atoms with van der Waals surface area (Å²) in [6.07, 6.45) is 3.65. The first-order valence-corrected chi connectivity index (χ1v) is 3.54. The molecular weight excluding hydrogens is 128 g/mol. The lowest BCUT2D eigenvalue weighted by atomic mass is 10.1. The number of carbonyl (C=O) groups is 1. The van der Waals surface area contributed by atoms with E-state index in [-0.39, 0.29) is 11.9 Å². The van der Waals surface area contributed by atoms with Crippen molar-refractivity contribution < 1.29 is 9.53 Å². The Balaban J connectivity index is 2.53. The first kappa shape index (κ1) is 7.32. The van der Waals surface area contributed by atoms with E-state index in [9.17, 15) is 4.79 Å². The smallest absolute Gasteiger partial charge is 0.170 e. The maximum Gasteiger partial charge on any atom is 0.170 e. The molecule has 0 amide bonds. The molecule has 0 aromatic carbocycles. The monoisotopic (exact) mass is 140 g/mol. The summed E-state index contributed by atoms with van der Waals surface area (Å²) in [6, 6.07) is 0. The van der Waals surface area contributed by atoms with Crippen molar-refractivity contribution in [3.05, 3.63) is 11.8 Å². The lowest BCUT2D eigenvalue weighted by molar-refractivity contribution is -0.126. The fourth-order valence-electron chi connectivity index (χ4n) is 1.06. The first-order valence-electron chi connectivity index (χ1n) is 3.54. The van der Waals surface area contributed by atoms with Gasteiger partial charge in [-0.3, -0.25) is 4.79 Å². The number of ketones is 1. The zero-order valence-corrected chi connectivity index (χ0v) is 6.39. The van der Waals surface area contributed by atoms with Gasteiger partial charge in [0.05, 0.1) is 5.76 Å². The van der Waals surface area contributed by atoms with Crippen LogP contribution in [0.15, 0.2) is 11.8 Å². The van der Waals surface area contributed by atoms with Crippen molar-refractivity contribution in [3.8, 4) is 0 Å².